The van der Waals surface area contributed by atoms with Crippen LogP contribution in [0.4, 0.5) is 5.95 Å². The van der Waals surface area contributed by atoms with Crippen LogP contribution < -0.4 is 5.32 Å². The van der Waals surface area contributed by atoms with Crippen molar-refractivity contribution in [1.82, 2.24) is 15.2 Å². The molecule has 1 unspecified atom stereocenters. The van der Waals surface area contributed by atoms with E-state index in [2.05, 4.69) is 20.5 Å². The molecule has 0 aliphatic carbocycles. The Labute approximate surface area is 145 Å². The van der Waals surface area contributed by atoms with Gasteiger partial charge in [0.05, 0.1) is 7.11 Å². The molecule has 0 saturated carbocycles. The Morgan fingerprint density at radius 3 is 2.04 bits per heavy atom. The third-order valence-electron chi connectivity index (χ3n) is 3.68. The lowest BCUT2D eigenvalue weighted by molar-refractivity contribution is -0.141. The molecule has 0 amide bonds. The van der Waals surface area contributed by atoms with E-state index in [1.54, 1.807) is 6.92 Å². The van der Waals surface area contributed by atoms with Gasteiger partial charge in [0.2, 0.25) is 5.95 Å². The molecular weight excluding hydrogens is 316 g/mol. The first kappa shape index (κ1) is 16.6. The lowest BCUT2D eigenvalue weighted by Crippen LogP contribution is -2.28. The van der Waals surface area contributed by atoms with Gasteiger partial charge < -0.3 is 10.1 Å². The van der Waals surface area contributed by atoms with E-state index >= 15 is 0 Å². The van der Waals surface area contributed by atoms with Crippen molar-refractivity contribution in [1.29, 1.82) is 0 Å². The molecule has 3 aromatic rings. The molecule has 0 aliphatic heterocycles. The second kappa shape index (κ2) is 7.53. The lowest BCUT2D eigenvalue weighted by atomic mass is 10.0. The summed E-state index contributed by atoms with van der Waals surface area (Å²) in [4.78, 5) is 16.2. The van der Waals surface area contributed by atoms with Gasteiger partial charge in [0, 0.05) is 11.1 Å². The van der Waals surface area contributed by atoms with Crippen molar-refractivity contribution >= 4 is 11.9 Å². The fraction of sp³-hybridized carbons (Fsp3) is 0.158. The number of esters is 1. The second-order valence-electron chi connectivity index (χ2n) is 5.45. The zero-order valence-corrected chi connectivity index (χ0v) is 14.0. The predicted octanol–water partition coefficient (Wildman–Crippen LogP) is 3.18. The van der Waals surface area contributed by atoms with Crippen molar-refractivity contribution in [2.24, 2.45) is 0 Å². The van der Waals surface area contributed by atoms with Gasteiger partial charge in [-0.3, -0.25) is 0 Å². The Kier molecular flexibility index (Phi) is 4.99. The monoisotopic (exact) mass is 334 g/mol. The van der Waals surface area contributed by atoms with Gasteiger partial charge >= 0.3 is 5.97 Å². The van der Waals surface area contributed by atoms with E-state index in [0.717, 1.165) is 11.1 Å². The summed E-state index contributed by atoms with van der Waals surface area (Å²) in [5.41, 5.74) is 3.23. The number of benzene rings is 2. The van der Waals surface area contributed by atoms with Crippen LogP contribution in [-0.2, 0) is 9.53 Å². The number of nitrogens with zero attached hydrogens (tertiary/aromatic N) is 3. The minimum absolute atomic E-state index is 0.274. The average molecular weight is 334 g/mol. The quantitative estimate of drug-likeness (QED) is 0.722. The SMILES string of the molecule is COC(=O)C(C)Nc1nnc(-c2ccccc2)c(-c2ccccc2)n1. The van der Waals surface area contributed by atoms with E-state index in [0.29, 0.717) is 11.4 Å². The number of hydrogen-bond donors (Lipinski definition) is 1. The van der Waals surface area contributed by atoms with E-state index in [1.807, 2.05) is 60.7 Å². The Morgan fingerprint density at radius 2 is 1.48 bits per heavy atom. The van der Waals surface area contributed by atoms with Crippen molar-refractivity contribution in [3.8, 4) is 22.5 Å². The van der Waals surface area contributed by atoms with Crippen LogP contribution in [0, 0.1) is 0 Å². The highest BCUT2D eigenvalue weighted by Gasteiger charge is 2.17. The maximum atomic E-state index is 11.6. The molecule has 1 aromatic heterocycles. The Hall–Kier alpha value is -3.28. The smallest absolute Gasteiger partial charge is 0.328 e. The van der Waals surface area contributed by atoms with E-state index in [4.69, 9.17) is 4.74 Å². The van der Waals surface area contributed by atoms with Gasteiger partial charge in [-0.05, 0) is 6.92 Å². The summed E-state index contributed by atoms with van der Waals surface area (Å²) in [7, 11) is 1.34. The third kappa shape index (κ3) is 3.80. The summed E-state index contributed by atoms with van der Waals surface area (Å²) in [6.45, 7) is 1.68. The molecule has 0 fully saturated rings. The number of carbonyl (C=O) groups is 1. The van der Waals surface area contributed by atoms with Crippen molar-refractivity contribution in [2.75, 3.05) is 12.4 Å². The standard InChI is InChI=1S/C19H18N4O2/c1-13(18(24)25-2)20-19-21-16(14-9-5-3-6-10-14)17(22-23-19)15-11-7-4-8-12-15/h3-13H,1-2H3,(H,20,21,23). The summed E-state index contributed by atoms with van der Waals surface area (Å²) in [5.74, 6) is -0.117. The summed E-state index contributed by atoms with van der Waals surface area (Å²) in [6.07, 6.45) is 0. The van der Waals surface area contributed by atoms with Crippen LogP contribution in [0.3, 0.4) is 0 Å². The number of ether oxygens (including phenoxy) is 1. The molecule has 1 atom stereocenters. The van der Waals surface area contributed by atoms with E-state index < -0.39 is 12.0 Å². The minimum Gasteiger partial charge on any atom is -0.467 e. The van der Waals surface area contributed by atoms with Gasteiger partial charge in [-0.2, -0.15) is 0 Å². The highest BCUT2D eigenvalue weighted by molar-refractivity contribution is 5.80. The van der Waals surface area contributed by atoms with Gasteiger partial charge in [0.15, 0.2) is 0 Å². The molecule has 6 nitrogen and oxygen atoms in total. The van der Waals surface area contributed by atoms with Crippen LogP contribution in [0.2, 0.25) is 0 Å². The molecule has 25 heavy (non-hydrogen) atoms. The van der Waals surface area contributed by atoms with Crippen LogP contribution in [0.15, 0.2) is 60.7 Å². The first-order chi connectivity index (χ1) is 12.2. The number of methoxy groups -OCH3 is 1. The largest absolute Gasteiger partial charge is 0.467 e. The maximum Gasteiger partial charge on any atom is 0.328 e. The van der Waals surface area contributed by atoms with Crippen molar-refractivity contribution < 1.29 is 9.53 Å². The highest BCUT2D eigenvalue weighted by Crippen LogP contribution is 2.28. The Balaban J connectivity index is 2.04. The molecule has 1 heterocycles. The van der Waals surface area contributed by atoms with Crippen molar-refractivity contribution in [3.63, 3.8) is 0 Å². The normalized spacial score (nSPS) is 11.6. The van der Waals surface area contributed by atoms with Crippen molar-refractivity contribution in [3.05, 3.63) is 60.7 Å². The van der Waals surface area contributed by atoms with Gasteiger partial charge in [-0.15, -0.1) is 10.2 Å². The van der Waals surface area contributed by atoms with Gasteiger partial charge in [-0.25, -0.2) is 9.78 Å². The number of nitrogens with one attached hydrogen (secondary N) is 1. The Morgan fingerprint density at radius 1 is 0.920 bits per heavy atom. The highest BCUT2D eigenvalue weighted by atomic mass is 16.5. The maximum absolute atomic E-state index is 11.6. The molecule has 0 radical (unpaired) electrons. The number of rotatable bonds is 5. The van der Waals surface area contributed by atoms with Crippen LogP contribution in [0.25, 0.3) is 22.5 Å². The van der Waals surface area contributed by atoms with Crippen LogP contribution >= 0.6 is 0 Å². The molecular formula is C19H18N4O2. The molecule has 3 rings (SSSR count). The number of aromatic nitrogens is 3. The third-order valence-corrected chi connectivity index (χ3v) is 3.68. The van der Waals surface area contributed by atoms with Crippen molar-refractivity contribution in [2.45, 2.75) is 13.0 Å². The van der Waals surface area contributed by atoms with Crippen LogP contribution in [0.1, 0.15) is 6.92 Å². The molecule has 0 saturated heterocycles. The van der Waals surface area contributed by atoms with Gasteiger partial charge in [-0.1, -0.05) is 60.7 Å². The zero-order chi connectivity index (χ0) is 17.6. The number of hydrogen-bond acceptors (Lipinski definition) is 6. The molecule has 0 spiro atoms. The molecule has 0 aliphatic rings. The summed E-state index contributed by atoms with van der Waals surface area (Å²) in [6, 6.07) is 18.9. The fourth-order valence-electron chi connectivity index (χ4n) is 2.40. The molecule has 126 valence electrons. The molecule has 0 bridgehead atoms. The minimum atomic E-state index is -0.571. The topological polar surface area (TPSA) is 77.0 Å². The Bertz CT molecular complexity index is 854. The van der Waals surface area contributed by atoms with Crippen LogP contribution in [-0.4, -0.2) is 34.3 Å². The van der Waals surface area contributed by atoms with Crippen LogP contribution in [0.5, 0.6) is 0 Å². The fourth-order valence-corrected chi connectivity index (χ4v) is 2.40. The average Bonchev–Trinajstić information content (AvgIpc) is 2.68. The number of carbonyl (C=O) groups excluding carboxylic acids is 1. The van der Waals surface area contributed by atoms with E-state index in [1.165, 1.54) is 7.11 Å². The van der Waals surface area contributed by atoms with E-state index in [-0.39, 0.29) is 5.95 Å². The molecule has 2 aromatic carbocycles. The molecule has 6 heteroatoms. The zero-order valence-electron chi connectivity index (χ0n) is 14.0. The lowest BCUT2D eigenvalue weighted by Gasteiger charge is -2.13. The first-order valence-corrected chi connectivity index (χ1v) is 7.89. The summed E-state index contributed by atoms with van der Waals surface area (Å²) in [5, 5.41) is 11.4. The second-order valence-corrected chi connectivity index (χ2v) is 5.45. The van der Waals surface area contributed by atoms with Gasteiger partial charge in [0.25, 0.3) is 0 Å². The number of anilines is 1. The summed E-state index contributed by atoms with van der Waals surface area (Å²) < 4.78 is 4.71. The van der Waals surface area contributed by atoms with Gasteiger partial charge in [0.1, 0.15) is 17.4 Å². The molecule has 1 N–H and O–H groups in total. The predicted molar refractivity (Wildman–Crippen MR) is 95.8 cm³/mol. The summed E-state index contributed by atoms with van der Waals surface area (Å²) >= 11 is 0. The first-order valence-electron chi connectivity index (χ1n) is 7.89. The van der Waals surface area contributed by atoms with E-state index in [9.17, 15) is 4.79 Å².